The molecule has 14 heteroatoms. The van der Waals surface area contributed by atoms with Gasteiger partial charge in [-0.15, -0.1) is 0 Å². The number of carbonyl (C=O) groups excluding carboxylic acids is 1. The van der Waals surface area contributed by atoms with Gasteiger partial charge in [0.1, 0.15) is 4.90 Å². The van der Waals surface area contributed by atoms with Gasteiger partial charge in [-0.05, 0) is 24.3 Å². The molecule has 2 aromatic carbocycles. The molecular formula is C15H11Cl3F3N3O4S. The van der Waals surface area contributed by atoms with Crippen molar-refractivity contribution in [3.63, 3.8) is 0 Å². The van der Waals surface area contributed by atoms with Crippen LogP contribution in [0.4, 0.5) is 29.3 Å². The first-order valence-electron chi connectivity index (χ1n) is 7.42. The van der Waals surface area contributed by atoms with E-state index in [1.165, 1.54) is 18.2 Å². The number of anilines is 2. The average Bonchev–Trinajstić information content (AvgIpc) is 2.61. The minimum Gasteiger partial charge on any atom is -0.504 e. The number of amides is 2. The number of aromatic hydroxyl groups is 1. The van der Waals surface area contributed by atoms with E-state index in [0.29, 0.717) is 0 Å². The zero-order valence-corrected chi connectivity index (χ0v) is 17.0. The molecule has 0 saturated heterocycles. The Labute approximate surface area is 177 Å². The number of phenolic OH excluding ortho intramolecular Hbond substituents is 1. The highest BCUT2D eigenvalue weighted by molar-refractivity contribution is 7.89. The van der Waals surface area contributed by atoms with Gasteiger partial charge in [0.05, 0.1) is 26.4 Å². The van der Waals surface area contributed by atoms with Crippen LogP contribution in [0.25, 0.3) is 0 Å². The standard InChI is InChI=1S/C15H11Cl3F3N3O4S/c16-6-2-1-3-8(10(6)18)22-15(26)23-9-5-4-7(17)12(11(9)25)29(27,28)24-14(21)13(19)20/h1-5,13-14,24-25H,(H2,22,23,26). The first kappa shape index (κ1) is 23.4. The fourth-order valence-electron chi connectivity index (χ4n) is 2.04. The summed E-state index contributed by atoms with van der Waals surface area (Å²) >= 11 is 17.4. The molecule has 7 nitrogen and oxygen atoms in total. The van der Waals surface area contributed by atoms with Crippen LogP contribution in [0.3, 0.4) is 0 Å². The normalized spacial score (nSPS) is 12.7. The molecule has 2 rings (SSSR count). The summed E-state index contributed by atoms with van der Waals surface area (Å²) in [5, 5.41) is 14.2. The third-order valence-electron chi connectivity index (χ3n) is 3.29. The van der Waals surface area contributed by atoms with Crippen LogP contribution >= 0.6 is 34.8 Å². The SMILES string of the molecule is O=C(Nc1ccc(Cl)c(S(=O)(=O)NC(F)C(F)F)c1O)Nc1cccc(Cl)c1Cl. The number of urea groups is 1. The minimum atomic E-state index is -4.99. The van der Waals surface area contributed by atoms with Gasteiger partial charge in [-0.2, -0.15) is 4.72 Å². The quantitative estimate of drug-likeness (QED) is 0.342. The summed E-state index contributed by atoms with van der Waals surface area (Å²) in [6.45, 7) is 0. The van der Waals surface area contributed by atoms with Crippen LogP contribution in [0.1, 0.15) is 0 Å². The van der Waals surface area contributed by atoms with E-state index in [-0.39, 0.29) is 15.7 Å². The van der Waals surface area contributed by atoms with E-state index in [1.807, 2.05) is 0 Å². The van der Waals surface area contributed by atoms with Crippen LogP contribution in [0.2, 0.25) is 15.1 Å². The second kappa shape index (κ2) is 9.26. The highest BCUT2D eigenvalue weighted by Gasteiger charge is 2.31. The number of benzene rings is 2. The van der Waals surface area contributed by atoms with Gasteiger partial charge in [-0.25, -0.2) is 26.4 Å². The molecule has 0 radical (unpaired) electrons. The lowest BCUT2D eigenvalue weighted by atomic mass is 10.3. The summed E-state index contributed by atoms with van der Waals surface area (Å²) in [7, 11) is -4.99. The largest absolute Gasteiger partial charge is 0.504 e. The fraction of sp³-hybridized carbons (Fsp3) is 0.133. The van der Waals surface area contributed by atoms with Crippen molar-refractivity contribution in [1.82, 2.24) is 4.72 Å². The van der Waals surface area contributed by atoms with E-state index < -0.39 is 50.1 Å². The van der Waals surface area contributed by atoms with Crippen LogP contribution in [0.15, 0.2) is 35.2 Å². The Balaban J connectivity index is 2.30. The van der Waals surface area contributed by atoms with Crippen LogP contribution in [-0.4, -0.2) is 32.3 Å². The second-order valence-electron chi connectivity index (χ2n) is 5.31. The number of rotatable bonds is 6. The van der Waals surface area contributed by atoms with Gasteiger partial charge in [0.2, 0.25) is 16.3 Å². The molecule has 2 amide bonds. The Morgan fingerprint density at radius 2 is 1.59 bits per heavy atom. The zero-order valence-electron chi connectivity index (χ0n) is 13.9. The molecule has 0 aromatic heterocycles. The summed E-state index contributed by atoms with van der Waals surface area (Å²) in [5.74, 6) is -1.10. The molecule has 1 atom stereocenters. The van der Waals surface area contributed by atoms with Crippen molar-refractivity contribution in [1.29, 1.82) is 0 Å². The van der Waals surface area contributed by atoms with Crippen molar-refractivity contribution >= 4 is 62.2 Å². The van der Waals surface area contributed by atoms with E-state index in [9.17, 15) is 31.5 Å². The van der Waals surface area contributed by atoms with Crippen molar-refractivity contribution in [2.75, 3.05) is 10.6 Å². The van der Waals surface area contributed by atoms with Gasteiger partial charge in [-0.3, -0.25) is 0 Å². The molecule has 4 N–H and O–H groups in total. The van der Waals surface area contributed by atoms with Gasteiger partial charge in [0.15, 0.2) is 5.75 Å². The van der Waals surface area contributed by atoms with Crippen LogP contribution in [0, 0.1) is 0 Å². The second-order valence-corrected chi connectivity index (χ2v) is 8.15. The van der Waals surface area contributed by atoms with E-state index in [4.69, 9.17) is 34.8 Å². The molecule has 0 fully saturated rings. The molecule has 1 unspecified atom stereocenters. The summed E-state index contributed by atoms with van der Waals surface area (Å²) in [5.41, 5.74) is -0.352. The number of hydrogen-bond acceptors (Lipinski definition) is 4. The topological polar surface area (TPSA) is 108 Å². The molecule has 158 valence electrons. The zero-order chi connectivity index (χ0) is 21.9. The van der Waals surface area contributed by atoms with Crippen molar-refractivity contribution < 1.29 is 31.5 Å². The molecular weight excluding hydrogens is 482 g/mol. The third kappa shape index (κ3) is 5.58. The first-order valence-corrected chi connectivity index (χ1v) is 10.0. The fourth-order valence-corrected chi connectivity index (χ4v) is 4.05. The molecule has 0 heterocycles. The predicted octanol–water partition coefficient (Wildman–Crippen LogP) is 4.84. The Morgan fingerprint density at radius 1 is 0.966 bits per heavy atom. The van der Waals surface area contributed by atoms with Crippen LogP contribution < -0.4 is 15.4 Å². The smallest absolute Gasteiger partial charge is 0.323 e. The highest BCUT2D eigenvalue weighted by atomic mass is 35.5. The first-order chi connectivity index (χ1) is 13.4. The lowest BCUT2D eigenvalue weighted by Gasteiger charge is -2.16. The Morgan fingerprint density at radius 3 is 2.21 bits per heavy atom. The van der Waals surface area contributed by atoms with Crippen LogP contribution in [-0.2, 0) is 10.0 Å². The lowest BCUT2D eigenvalue weighted by molar-refractivity contribution is 0.0440. The monoisotopic (exact) mass is 491 g/mol. The summed E-state index contributed by atoms with van der Waals surface area (Å²) in [6, 6.07) is 5.42. The van der Waals surface area contributed by atoms with Gasteiger partial charge in [0, 0.05) is 0 Å². The number of alkyl halides is 3. The maximum absolute atomic E-state index is 13.1. The molecule has 0 aliphatic rings. The molecule has 2 aromatic rings. The number of halogens is 6. The molecule has 0 saturated carbocycles. The Kier molecular flexibility index (Phi) is 7.46. The predicted molar refractivity (Wildman–Crippen MR) is 103 cm³/mol. The number of carbonyl (C=O) groups is 1. The third-order valence-corrected chi connectivity index (χ3v) is 6.02. The van der Waals surface area contributed by atoms with E-state index in [1.54, 1.807) is 0 Å². The number of nitrogens with one attached hydrogen (secondary N) is 3. The summed E-state index contributed by atoms with van der Waals surface area (Å²) in [4.78, 5) is 11.0. The van der Waals surface area contributed by atoms with E-state index in [0.717, 1.165) is 16.9 Å². The highest BCUT2D eigenvalue weighted by Crippen LogP contribution is 2.37. The molecule has 0 aliphatic heterocycles. The number of hydrogen-bond donors (Lipinski definition) is 4. The van der Waals surface area contributed by atoms with Crippen molar-refractivity contribution in [2.45, 2.75) is 17.6 Å². The lowest BCUT2D eigenvalue weighted by Crippen LogP contribution is -2.36. The van der Waals surface area contributed by atoms with Gasteiger partial charge in [0.25, 0.3) is 6.43 Å². The summed E-state index contributed by atoms with van der Waals surface area (Å²) < 4.78 is 63.0. The Bertz CT molecular complexity index is 1040. The number of phenols is 1. The maximum Gasteiger partial charge on any atom is 0.323 e. The van der Waals surface area contributed by atoms with Gasteiger partial charge >= 0.3 is 6.03 Å². The molecule has 0 spiro atoms. The van der Waals surface area contributed by atoms with Crippen molar-refractivity contribution in [3.05, 3.63) is 45.4 Å². The molecule has 0 aliphatic carbocycles. The number of sulfonamides is 1. The van der Waals surface area contributed by atoms with Crippen LogP contribution in [0.5, 0.6) is 5.75 Å². The Hall–Kier alpha value is -1.92. The van der Waals surface area contributed by atoms with E-state index >= 15 is 0 Å². The van der Waals surface area contributed by atoms with Crippen molar-refractivity contribution in [3.8, 4) is 5.75 Å². The van der Waals surface area contributed by atoms with E-state index in [2.05, 4.69) is 10.6 Å². The molecule has 29 heavy (non-hydrogen) atoms. The minimum absolute atomic E-state index is 0.0260. The summed E-state index contributed by atoms with van der Waals surface area (Å²) in [6.07, 6.45) is -6.89. The average molecular weight is 493 g/mol. The van der Waals surface area contributed by atoms with Gasteiger partial charge < -0.3 is 15.7 Å². The van der Waals surface area contributed by atoms with Crippen molar-refractivity contribution in [2.24, 2.45) is 0 Å². The molecule has 0 bridgehead atoms. The van der Waals surface area contributed by atoms with Gasteiger partial charge in [-0.1, -0.05) is 40.9 Å². The maximum atomic E-state index is 13.1.